The first-order chi connectivity index (χ1) is 16.0. The summed E-state index contributed by atoms with van der Waals surface area (Å²) in [6, 6.07) is 11.9. The van der Waals surface area contributed by atoms with Crippen LogP contribution >= 0.6 is 0 Å². The molecule has 0 aromatic heterocycles. The minimum Gasteiger partial charge on any atom is -0.497 e. The number of carbonyl (C=O) groups excluding carboxylic acids is 2. The number of aryl methyl sites for hydroxylation is 2. The van der Waals surface area contributed by atoms with Crippen molar-refractivity contribution in [3.63, 3.8) is 0 Å². The summed E-state index contributed by atoms with van der Waals surface area (Å²) in [5, 5.41) is 2.78. The molecule has 1 atom stereocenters. The van der Waals surface area contributed by atoms with E-state index in [0.717, 1.165) is 27.3 Å². The van der Waals surface area contributed by atoms with Crippen molar-refractivity contribution in [2.24, 2.45) is 0 Å². The van der Waals surface area contributed by atoms with E-state index < -0.39 is 28.5 Å². The predicted octanol–water partition coefficient (Wildman–Crippen LogP) is 3.02. The first-order valence-electron chi connectivity index (χ1n) is 11.3. The number of hydrogen-bond acceptors (Lipinski definition) is 5. The SMILES string of the molecule is CCNC(=O)[C@H](CC)N(Cc1ccc(OC)cc1)C(=O)CN(c1cc(C)cc(C)c1)S(C)(=O)=O. The lowest BCUT2D eigenvalue weighted by Crippen LogP contribution is -2.52. The van der Waals surface area contributed by atoms with E-state index >= 15 is 0 Å². The summed E-state index contributed by atoms with van der Waals surface area (Å²) in [5.74, 6) is -0.0573. The molecular formula is C25H35N3O5S. The summed E-state index contributed by atoms with van der Waals surface area (Å²) in [4.78, 5) is 27.8. The van der Waals surface area contributed by atoms with E-state index in [4.69, 9.17) is 4.74 Å². The summed E-state index contributed by atoms with van der Waals surface area (Å²) in [6.45, 7) is 7.56. The second-order valence-electron chi connectivity index (χ2n) is 8.30. The van der Waals surface area contributed by atoms with Gasteiger partial charge in [0.25, 0.3) is 0 Å². The van der Waals surface area contributed by atoms with Crippen LogP contribution in [0.25, 0.3) is 0 Å². The third-order valence-electron chi connectivity index (χ3n) is 5.42. The van der Waals surface area contributed by atoms with Gasteiger partial charge in [0.2, 0.25) is 21.8 Å². The number of nitrogens with one attached hydrogen (secondary N) is 1. The van der Waals surface area contributed by atoms with Crippen molar-refractivity contribution in [1.82, 2.24) is 10.2 Å². The van der Waals surface area contributed by atoms with Crippen LogP contribution in [0, 0.1) is 13.8 Å². The zero-order valence-corrected chi connectivity index (χ0v) is 21.6. The van der Waals surface area contributed by atoms with Gasteiger partial charge in [-0.25, -0.2) is 8.42 Å². The monoisotopic (exact) mass is 489 g/mol. The summed E-state index contributed by atoms with van der Waals surface area (Å²) in [7, 11) is -2.19. The molecular weight excluding hydrogens is 454 g/mol. The number of rotatable bonds is 11. The number of ether oxygens (including phenoxy) is 1. The molecule has 9 heteroatoms. The first-order valence-corrected chi connectivity index (χ1v) is 13.1. The topological polar surface area (TPSA) is 96.0 Å². The molecule has 0 spiro atoms. The molecule has 0 unspecified atom stereocenters. The summed E-state index contributed by atoms with van der Waals surface area (Å²) in [5.41, 5.74) is 3.00. The van der Waals surface area contributed by atoms with Gasteiger partial charge in [-0.1, -0.05) is 25.1 Å². The number of likely N-dealkylation sites (N-methyl/N-ethyl adjacent to an activating group) is 1. The van der Waals surface area contributed by atoms with Crippen LogP contribution in [0.5, 0.6) is 5.75 Å². The smallest absolute Gasteiger partial charge is 0.244 e. The van der Waals surface area contributed by atoms with E-state index in [9.17, 15) is 18.0 Å². The van der Waals surface area contributed by atoms with Crippen molar-refractivity contribution in [2.75, 3.05) is 30.8 Å². The molecule has 2 amide bonds. The molecule has 0 aliphatic rings. The average Bonchev–Trinajstić information content (AvgIpc) is 2.76. The van der Waals surface area contributed by atoms with Gasteiger partial charge in [0.15, 0.2) is 0 Å². The number of nitrogens with zero attached hydrogens (tertiary/aromatic N) is 2. The molecule has 0 fully saturated rings. The molecule has 0 bridgehead atoms. The molecule has 0 radical (unpaired) electrons. The Morgan fingerprint density at radius 2 is 1.62 bits per heavy atom. The van der Waals surface area contributed by atoms with Crippen LogP contribution in [0.3, 0.4) is 0 Å². The third-order valence-corrected chi connectivity index (χ3v) is 6.56. The normalized spacial score (nSPS) is 12.1. The summed E-state index contributed by atoms with van der Waals surface area (Å²) < 4.78 is 31.7. The molecule has 186 valence electrons. The fourth-order valence-corrected chi connectivity index (χ4v) is 4.68. The van der Waals surface area contributed by atoms with Gasteiger partial charge in [-0.3, -0.25) is 13.9 Å². The van der Waals surface area contributed by atoms with Gasteiger partial charge in [-0.15, -0.1) is 0 Å². The van der Waals surface area contributed by atoms with Gasteiger partial charge in [-0.2, -0.15) is 0 Å². The maximum atomic E-state index is 13.6. The molecule has 0 saturated heterocycles. The van der Waals surface area contributed by atoms with E-state index in [1.807, 2.05) is 45.9 Å². The number of amides is 2. The van der Waals surface area contributed by atoms with Crippen LogP contribution in [-0.4, -0.2) is 57.6 Å². The molecule has 2 aromatic rings. The lowest BCUT2D eigenvalue weighted by molar-refractivity contribution is -0.140. The quantitative estimate of drug-likeness (QED) is 0.523. The first kappa shape index (κ1) is 27.2. The molecule has 0 heterocycles. The number of carbonyl (C=O) groups is 2. The van der Waals surface area contributed by atoms with E-state index in [0.29, 0.717) is 24.4 Å². The molecule has 2 rings (SSSR count). The predicted molar refractivity (Wildman–Crippen MR) is 134 cm³/mol. The maximum absolute atomic E-state index is 13.6. The van der Waals surface area contributed by atoms with Crippen molar-refractivity contribution < 1.29 is 22.7 Å². The lowest BCUT2D eigenvalue weighted by Gasteiger charge is -2.33. The van der Waals surface area contributed by atoms with Crippen LogP contribution in [0.4, 0.5) is 5.69 Å². The Hall–Kier alpha value is -3.07. The van der Waals surface area contributed by atoms with Crippen LogP contribution < -0.4 is 14.4 Å². The van der Waals surface area contributed by atoms with Gasteiger partial charge in [0.1, 0.15) is 18.3 Å². The van der Waals surface area contributed by atoms with Crippen LogP contribution in [-0.2, 0) is 26.2 Å². The van der Waals surface area contributed by atoms with E-state index in [1.54, 1.807) is 31.4 Å². The van der Waals surface area contributed by atoms with Crippen molar-refractivity contribution in [3.05, 3.63) is 59.2 Å². The highest BCUT2D eigenvalue weighted by Gasteiger charge is 2.31. The molecule has 8 nitrogen and oxygen atoms in total. The molecule has 0 saturated carbocycles. The summed E-state index contributed by atoms with van der Waals surface area (Å²) >= 11 is 0. The number of anilines is 1. The van der Waals surface area contributed by atoms with E-state index in [1.165, 1.54) is 4.90 Å². The van der Waals surface area contributed by atoms with Crippen molar-refractivity contribution >= 4 is 27.5 Å². The third kappa shape index (κ3) is 7.21. The van der Waals surface area contributed by atoms with E-state index in [-0.39, 0.29) is 12.5 Å². The van der Waals surface area contributed by atoms with Gasteiger partial charge in [0, 0.05) is 13.1 Å². The standard InChI is InChI=1S/C25H35N3O5S/c1-7-23(25(30)26-8-2)27(16-20-9-11-22(33-5)12-10-20)24(29)17-28(34(6,31)32)21-14-18(3)13-19(4)15-21/h9-15,23H,7-8,16-17H2,1-6H3,(H,26,30)/t23-/m0/s1. The lowest BCUT2D eigenvalue weighted by atomic mass is 10.1. The fraction of sp³-hybridized carbons (Fsp3) is 0.440. The minimum absolute atomic E-state index is 0.156. The summed E-state index contributed by atoms with van der Waals surface area (Å²) in [6.07, 6.45) is 1.46. The zero-order valence-electron chi connectivity index (χ0n) is 20.8. The molecule has 2 aromatic carbocycles. The average molecular weight is 490 g/mol. The molecule has 0 aliphatic carbocycles. The second kappa shape index (κ2) is 11.9. The van der Waals surface area contributed by atoms with Gasteiger partial charge >= 0.3 is 0 Å². The van der Waals surface area contributed by atoms with Crippen molar-refractivity contribution in [3.8, 4) is 5.75 Å². The largest absolute Gasteiger partial charge is 0.497 e. The number of sulfonamides is 1. The molecule has 1 N–H and O–H groups in total. The van der Waals surface area contributed by atoms with Crippen LogP contribution in [0.1, 0.15) is 37.0 Å². The fourth-order valence-electron chi connectivity index (χ4n) is 3.85. The highest BCUT2D eigenvalue weighted by Crippen LogP contribution is 2.23. The van der Waals surface area contributed by atoms with Crippen molar-refractivity contribution in [2.45, 2.75) is 46.7 Å². The van der Waals surface area contributed by atoms with Crippen LogP contribution in [0.15, 0.2) is 42.5 Å². The van der Waals surface area contributed by atoms with Crippen molar-refractivity contribution in [1.29, 1.82) is 0 Å². The zero-order chi connectivity index (χ0) is 25.5. The van der Waals surface area contributed by atoms with Gasteiger partial charge in [0.05, 0.1) is 19.1 Å². The Labute approximate surface area is 202 Å². The second-order valence-corrected chi connectivity index (χ2v) is 10.2. The molecule has 34 heavy (non-hydrogen) atoms. The highest BCUT2D eigenvalue weighted by molar-refractivity contribution is 7.92. The van der Waals surface area contributed by atoms with Gasteiger partial charge in [-0.05, 0) is 68.1 Å². The van der Waals surface area contributed by atoms with Crippen LogP contribution in [0.2, 0.25) is 0 Å². The Morgan fingerprint density at radius 1 is 1.03 bits per heavy atom. The Morgan fingerprint density at radius 3 is 2.09 bits per heavy atom. The Balaban J connectivity index is 2.45. The molecule has 0 aliphatic heterocycles. The number of hydrogen-bond donors (Lipinski definition) is 1. The van der Waals surface area contributed by atoms with Gasteiger partial charge < -0.3 is 15.0 Å². The van der Waals surface area contributed by atoms with E-state index in [2.05, 4.69) is 5.32 Å². The number of benzene rings is 2. The Kier molecular flexibility index (Phi) is 9.49. The number of methoxy groups -OCH3 is 1. The highest BCUT2D eigenvalue weighted by atomic mass is 32.2. The minimum atomic E-state index is -3.76. The maximum Gasteiger partial charge on any atom is 0.244 e. The Bertz CT molecular complexity index is 1080.